The van der Waals surface area contributed by atoms with Crippen molar-refractivity contribution in [2.45, 2.75) is 55.8 Å². The van der Waals surface area contributed by atoms with Gasteiger partial charge in [0.2, 0.25) is 11.9 Å². The molecule has 224 valence electrons. The number of carbonyl (C=O) groups is 1. The highest BCUT2D eigenvalue weighted by atomic mass is 32.2. The molecule has 4 rings (SSSR count). The van der Waals surface area contributed by atoms with Gasteiger partial charge < -0.3 is 20.9 Å². The van der Waals surface area contributed by atoms with E-state index in [0.717, 1.165) is 11.6 Å². The number of nitrogens with two attached hydrogens (primary N) is 1. The number of aliphatic hydroxyl groups excluding tert-OH is 1. The molecule has 10 nitrogen and oxygen atoms in total. The van der Waals surface area contributed by atoms with Crippen LogP contribution in [0.4, 0.5) is 23.5 Å². The van der Waals surface area contributed by atoms with Gasteiger partial charge in [0.05, 0.1) is 28.2 Å². The molecule has 0 aliphatic heterocycles. The molecule has 15 heteroatoms. The topological polar surface area (TPSA) is 165 Å². The third kappa shape index (κ3) is 9.68. The minimum atomic E-state index is -4.02. The Hall–Kier alpha value is -4.26. The van der Waals surface area contributed by atoms with Gasteiger partial charge in [-0.05, 0) is 43.7 Å². The van der Waals surface area contributed by atoms with Crippen molar-refractivity contribution in [3.05, 3.63) is 77.1 Å². The van der Waals surface area contributed by atoms with Crippen LogP contribution in [0.2, 0.25) is 0 Å². The van der Waals surface area contributed by atoms with Crippen molar-refractivity contribution in [3.63, 3.8) is 0 Å². The number of hydrogen-bond acceptors (Lipinski definition) is 8. The molecule has 3 aromatic rings. The maximum absolute atomic E-state index is 13.6. The monoisotopic (exact) mass is 610 g/mol. The van der Waals surface area contributed by atoms with E-state index < -0.39 is 53.5 Å². The molecule has 1 heterocycles. The van der Waals surface area contributed by atoms with Crippen LogP contribution in [0.1, 0.15) is 46.3 Å². The smallest absolute Gasteiger partial charge is 0.387 e. The summed E-state index contributed by atoms with van der Waals surface area (Å²) < 4.78 is 86.6. The normalized spacial score (nSPS) is 17.7. The van der Waals surface area contributed by atoms with E-state index >= 15 is 0 Å². The first-order chi connectivity index (χ1) is 19.6. The molecular formula is C27H26F4N4O6S. The Bertz CT molecular complexity index is 1560. The molecule has 42 heavy (non-hydrogen) atoms. The summed E-state index contributed by atoms with van der Waals surface area (Å²) in [7, 11) is -4.02. The predicted octanol–water partition coefficient (Wildman–Crippen LogP) is 3.58. The second-order valence-electron chi connectivity index (χ2n) is 9.20. The molecule has 2 aromatic carbocycles. The minimum absolute atomic E-state index is 0.0273. The first-order valence-electron chi connectivity index (χ1n) is 12.2. The Labute approximate surface area is 238 Å². The van der Waals surface area contributed by atoms with Crippen molar-refractivity contribution in [2.24, 2.45) is 0 Å². The van der Waals surface area contributed by atoms with Gasteiger partial charge in [0.25, 0.3) is 16.0 Å². The lowest BCUT2D eigenvalue weighted by Gasteiger charge is -2.33. The maximum Gasteiger partial charge on any atom is 0.387 e. The Morgan fingerprint density at radius 3 is 2.38 bits per heavy atom. The van der Waals surface area contributed by atoms with E-state index in [2.05, 4.69) is 31.9 Å². The van der Waals surface area contributed by atoms with Crippen LogP contribution in [0.15, 0.2) is 59.8 Å². The Morgan fingerprint density at radius 2 is 1.79 bits per heavy atom. The molecule has 0 saturated heterocycles. The number of aryl methyl sites for hydroxylation is 1. The van der Waals surface area contributed by atoms with Crippen molar-refractivity contribution in [1.29, 1.82) is 0 Å². The van der Waals surface area contributed by atoms with Gasteiger partial charge in [-0.3, -0.25) is 9.35 Å². The van der Waals surface area contributed by atoms with Crippen LogP contribution in [0, 0.1) is 18.8 Å². The van der Waals surface area contributed by atoms with Crippen LogP contribution in [0.5, 0.6) is 5.75 Å². The summed E-state index contributed by atoms with van der Waals surface area (Å²) in [5.74, 6) is 1.23. The van der Waals surface area contributed by atoms with E-state index in [1.807, 2.05) is 6.92 Å². The molecule has 1 amide bonds. The van der Waals surface area contributed by atoms with Crippen LogP contribution in [-0.2, 0) is 10.1 Å². The molecule has 1 aliphatic carbocycles. The van der Waals surface area contributed by atoms with Gasteiger partial charge in [-0.2, -0.15) is 17.2 Å². The van der Waals surface area contributed by atoms with E-state index in [9.17, 15) is 35.9 Å². The fourth-order valence-electron chi connectivity index (χ4n) is 3.74. The standard InChI is InChI=1S/C20H18F4N4O3.C7H8O3S/c21-18(22)31-16-4-3-13(7-12(16)2-1-11-9-26-19(25)27-10-11)17(30)28-14-8-20(23,24)6-5-15(14)29;1-6-2-4-7(5-3-6)11(8,9)10/h3-4,7,9-10,14-15,18,29H,5-6,8H2,(H,28,30)(H2,25,26,27);2-5H,1H3,(H,8,9,10)/t14-,15-;/m0./s1. The van der Waals surface area contributed by atoms with Crippen molar-refractivity contribution in [2.75, 3.05) is 5.73 Å². The molecule has 1 fully saturated rings. The number of alkyl halides is 4. The zero-order valence-electron chi connectivity index (χ0n) is 22.0. The zero-order chi connectivity index (χ0) is 31.1. The fraction of sp³-hybridized carbons (Fsp3) is 0.296. The minimum Gasteiger partial charge on any atom is -0.434 e. The molecule has 1 saturated carbocycles. The Balaban J connectivity index is 0.000000369. The molecule has 5 N–H and O–H groups in total. The van der Waals surface area contributed by atoms with Crippen molar-refractivity contribution < 1.29 is 45.2 Å². The fourth-order valence-corrected chi connectivity index (χ4v) is 4.22. The summed E-state index contributed by atoms with van der Waals surface area (Å²) in [4.78, 5) is 20.0. The number of nitrogens with one attached hydrogen (secondary N) is 1. The summed E-state index contributed by atoms with van der Waals surface area (Å²) in [6.45, 7) is -1.28. The van der Waals surface area contributed by atoms with Gasteiger partial charge in [-0.1, -0.05) is 29.5 Å². The highest BCUT2D eigenvalue weighted by Crippen LogP contribution is 2.33. The van der Waals surface area contributed by atoms with E-state index in [0.29, 0.717) is 5.56 Å². The number of nitrogen functional groups attached to an aromatic ring is 1. The lowest BCUT2D eigenvalue weighted by atomic mass is 9.89. The van der Waals surface area contributed by atoms with Gasteiger partial charge in [0.15, 0.2) is 0 Å². The average molecular weight is 611 g/mol. The second-order valence-corrected chi connectivity index (χ2v) is 10.6. The number of carbonyl (C=O) groups excluding carboxylic acids is 1. The van der Waals surface area contributed by atoms with Crippen molar-refractivity contribution >= 4 is 22.0 Å². The summed E-state index contributed by atoms with van der Waals surface area (Å²) in [5, 5.41) is 12.3. The molecule has 0 spiro atoms. The van der Waals surface area contributed by atoms with Crippen LogP contribution in [0.3, 0.4) is 0 Å². The molecule has 0 radical (unpaired) electrons. The quantitative estimate of drug-likeness (QED) is 0.192. The van der Waals surface area contributed by atoms with Crippen LogP contribution >= 0.6 is 0 Å². The summed E-state index contributed by atoms with van der Waals surface area (Å²) in [5.41, 5.74) is 6.61. The number of aliphatic hydroxyl groups is 1. The molecule has 0 bridgehead atoms. The molecular weight excluding hydrogens is 584 g/mol. The number of amides is 1. The van der Waals surface area contributed by atoms with Gasteiger partial charge in [-0.15, -0.1) is 0 Å². The highest BCUT2D eigenvalue weighted by molar-refractivity contribution is 7.85. The van der Waals surface area contributed by atoms with E-state index in [-0.39, 0.29) is 34.1 Å². The number of aromatic nitrogens is 2. The largest absolute Gasteiger partial charge is 0.434 e. The summed E-state index contributed by atoms with van der Waals surface area (Å²) >= 11 is 0. The average Bonchev–Trinajstić information content (AvgIpc) is 2.91. The SMILES string of the molecule is Cc1ccc(S(=O)(=O)O)cc1.Nc1ncc(C#Cc2cc(C(=O)N[C@H]3CC(F)(F)CC[C@@H]3O)ccc2OC(F)F)cn1. The number of ether oxygens (including phenoxy) is 1. The summed E-state index contributed by atoms with van der Waals surface area (Å²) in [6.07, 6.45) is 0.216. The lowest BCUT2D eigenvalue weighted by Crippen LogP contribution is -2.50. The molecule has 1 aliphatic rings. The number of rotatable bonds is 5. The van der Waals surface area contributed by atoms with Gasteiger partial charge in [0, 0.05) is 30.8 Å². The number of hydrogen-bond donors (Lipinski definition) is 4. The molecule has 1 aromatic heterocycles. The number of benzene rings is 2. The number of anilines is 1. The van der Waals surface area contributed by atoms with E-state index in [1.165, 1.54) is 36.7 Å². The van der Waals surface area contributed by atoms with Crippen molar-refractivity contribution in [1.82, 2.24) is 15.3 Å². The Kier molecular flexibility index (Phi) is 10.4. The maximum atomic E-state index is 13.6. The van der Waals surface area contributed by atoms with Gasteiger partial charge in [0.1, 0.15) is 5.75 Å². The van der Waals surface area contributed by atoms with Crippen LogP contribution in [0.25, 0.3) is 0 Å². The zero-order valence-corrected chi connectivity index (χ0v) is 22.8. The van der Waals surface area contributed by atoms with E-state index in [4.69, 9.17) is 10.3 Å². The van der Waals surface area contributed by atoms with Crippen molar-refractivity contribution in [3.8, 4) is 17.6 Å². The van der Waals surface area contributed by atoms with Crippen LogP contribution < -0.4 is 15.8 Å². The Morgan fingerprint density at radius 1 is 1.14 bits per heavy atom. The molecule has 2 atom stereocenters. The highest BCUT2D eigenvalue weighted by Gasteiger charge is 2.41. The second kappa shape index (κ2) is 13.6. The lowest BCUT2D eigenvalue weighted by molar-refractivity contribution is -0.0768. The van der Waals surface area contributed by atoms with E-state index in [1.54, 1.807) is 12.1 Å². The van der Waals surface area contributed by atoms with Gasteiger partial charge in [-0.25, -0.2) is 18.7 Å². The third-order valence-corrected chi connectivity index (χ3v) is 6.76. The third-order valence-electron chi connectivity index (χ3n) is 5.90. The predicted molar refractivity (Wildman–Crippen MR) is 143 cm³/mol. The number of halogens is 4. The molecule has 0 unspecified atom stereocenters. The first kappa shape index (κ1) is 32.3. The van der Waals surface area contributed by atoms with Crippen LogP contribution in [-0.4, -0.2) is 58.6 Å². The number of nitrogens with zero attached hydrogens (tertiary/aromatic N) is 2. The summed E-state index contributed by atoms with van der Waals surface area (Å²) in [6, 6.07) is 8.34. The first-order valence-corrected chi connectivity index (χ1v) is 13.7. The van der Waals surface area contributed by atoms with Gasteiger partial charge >= 0.3 is 6.61 Å².